The predicted octanol–water partition coefficient (Wildman–Crippen LogP) is 4.14. The third kappa shape index (κ3) is 4.27. The average Bonchev–Trinajstić information content (AvgIpc) is 2.82. The summed E-state index contributed by atoms with van der Waals surface area (Å²) in [7, 11) is -1.06. The number of ether oxygens (including phenoxy) is 1. The Labute approximate surface area is 170 Å². The van der Waals surface area contributed by atoms with Gasteiger partial charge in [0.15, 0.2) is 0 Å². The Morgan fingerprint density at radius 1 is 0.889 bits per heavy atom. The molecular weight excluding hydrogens is 373 g/mol. The first-order chi connectivity index (χ1) is 12.5. The minimum absolute atomic E-state index is 0.0161. The zero-order valence-corrected chi connectivity index (χ0v) is 21.0. The molecule has 157 valence electrons. The van der Waals surface area contributed by atoms with Gasteiger partial charge in [0.25, 0.3) is 0 Å². The van der Waals surface area contributed by atoms with Gasteiger partial charge in [0.1, 0.15) is 6.10 Å². The summed E-state index contributed by atoms with van der Waals surface area (Å²) < 4.78 is 27.4. The Balaban J connectivity index is 2.50. The molecule has 0 aromatic rings. The van der Waals surface area contributed by atoms with Crippen molar-refractivity contribution in [3.05, 3.63) is 0 Å². The smallest absolute Gasteiger partial charge is 0.335 e. The summed E-state index contributed by atoms with van der Waals surface area (Å²) in [6.45, 7) is 20.8. The molecule has 1 unspecified atom stereocenters. The van der Waals surface area contributed by atoms with E-state index in [1.807, 2.05) is 14.5 Å². The normalized spacial score (nSPS) is 33.4. The van der Waals surface area contributed by atoms with Crippen LogP contribution < -0.4 is 5.23 Å². The summed E-state index contributed by atoms with van der Waals surface area (Å²) in [5, 5.41) is 3.14. The van der Waals surface area contributed by atoms with Gasteiger partial charge in [-0.25, -0.2) is 0 Å². The number of hydrogen-bond donors (Lipinski definition) is 1. The van der Waals surface area contributed by atoms with Crippen LogP contribution in [0.5, 0.6) is 0 Å². The maximum absolute atomic E-state index is 7.22. The van der Waals surface area contributed by atoms with Gasteiger partial charge in [-0.05, 0) is 29.2 Å². The summed E-state index contributed by atoms with van der Waals surface area (Å²) >= 11 is 0. The number of nitrogens with one attached hydrogen (secondary N) is 1. The van der Waals surface area contributed by atoms with Gasteiger partial charge in [0, 0.05) is 11.9 Å². The van der Waals surface area contributed by atoms with E-state index < -0.39 is 17.1 Å². The van der Waals surface area contributed by atoms with Crippen LogP contribution in [-0.4, -0.2) is 56.4 Å². The average molecular weight is 415 g/mol. The van der Waals surface area contributed by atoms with Crippen molar-refractivity contribution >= 4 is 24.5 Å². The van der Waals surface area contributed by atoms with Crippen molar-refractivity contribution in [2.75, 3.05) is 13.7 Å². The first-order valence-electron chi connectivity index (χ1n) is 10.7. The lowest BCUT2D eigenvalue weighted by atomic mass is 9.77. The second-order valence-corrected chi connectivity index (χ2v) is 18.4. The fourth-order valence-electron chi connectivity index (χ4n) is 4.74. The number of hydrogen-bond acceptors (Lipinski definition) is 5. The SMILES string of the molecule is CN[B][C@@H]1O[C@H]2CO[Si](C(C)C)(C(C)C)O[Si](C(C)C)(C(C)C)O[C@@H]2C1C. The van der Waals surface area contributed by atoms with Gasteiger partial charge in [0.2, 0.25) is 7.41 Å². The standard InChI is InChI=1S/C19H41BNO4Si2/c1-12(2)26(13(3)4)22-11-17-18(16(9)19(23-17)20-21-10)24-27(25-26,14(5)6)15(7)8/h12-19,21H,11H2,1-10H3/t16?,17-,18+,19+/m0/s1. The third-order valence-electron chi connectivity index (χ3n) is 6.40. The molecule has 0 bridgehead atoms. The molecule has 2 aliphatic heterocycles. The molecule has 0 aliphatic carbocycles. The first kappa shape index (κ1) is 23.6. The van der Waals surface area contributed by atoms with Crippen molar-refractivity contribution in [3.8, 4) is 0 Å². The van der Waals surface area contributed by atoms with E-state index in [0.717, 1.165) is 0 Å². The lowest BCUT2D eigenvalue weighted by Crippen LogP contribution is -2.65. The summed E-state index contributed by atoms with van der Waals surface area (Å²) in [6, 6.07) is 0.0342. The molecule has 2 rings (SSSR count). The highest BCUT2D eigenvalue weighted by Crippen LogP contribution is 2.48. The van der Waals surface area contributed by atoms with Crippen molar-refractivity contribution < 1.29 is 17.7 Å². The van der Waals surface area contributed by atoms with Crippen LogP contribution in [0.2, 0.25) is 22.2 Å². The fourth-order valence-corrected chi connectivity index (χ4v) is 16.0. The Morgan fingerprint density at radius 2 is 1.41 bits per heavy atom. The fraction of sp³-hybridized carbons (Fsp3) is 1.00. The van der Waals surface area contributed by atoms with Crippen LogP contribution in [0.3, 0.4) is 0 Å². The van der Waals surface area contributed by atoms with E-state index in [-0.39, 0.29) is 24.1 Å². The molecule has 0 aromatic heterocycles. The molecule has 0 amide bonds. The molecule has 1 radical (unpaired) electrons. The molecule has 2 aliphatic rings. The molecule has 2 heterocycles. The van der Waals surface area contributed by atoms with Crippen LogP contribution in [0, 0.1) is 5.92 Å². The van der Waals surface area contributed by atoms with Crippen molar-refractivity contribution in [2.45, 2.75) is 103 Å². The predicted molar refractivity (Wildman–Crippen MR) is 116 cm³/mol. The monoisotopic (exact) mass is 414 g/mol. The zero-order chi connectivity index (χ0) is 20.6. The lowest BCUT2D eigenvalue weighted by molar-refractivity contribution is -0.0272. The topological polar surface area (TPSA) is 49.0 Å². The van der Waals surface area contributed by atoms with Gasteiger partial charge in [-0.15, -0.1) is 0 Å². The molecule has 0 spiro atoms. The van der Waals surface area contributed by atoms with E-state index in [1.54, 1.807) is 0 Å². The van der Waals surface area contributed by atoms with Gasteiger partial charge in [-0.1, -0.05) is 62.3 Å². The van der Waals surface area contributed by atoms with E-state index in [0.29, 0.717) is 28.8 Å². The molecule has 2 fully saturated rings. The second kappa shape index (κ2) is 8.98. The van der Waals surface area contributed by atoms with Gasteiger partial charge >= 0.3 is 17.1 Å². The minimum Gasteiger partial charge on any atom is -0.414 e. The minimum atomic E-state index is -2.54. The summed E-state index contributed by atoms with van der Waals surface area (Å²) in [5.74, 6) is 0.270. The van der Waals surface area contributed by atoms with Crippen LogP contribution in [-0.2, 0) is 17.7 Å². The largest absolute Gasteiger partial charge is 0.414 e. The Hall–Kier alpha value is 0.299. The molecule has 4 atom stereocenters. The molecule has 0 aromatic carbocycles. The van der Waals surface area contributed by atoms with Crippen molar-refractivity contribution in [2.24, 2.45) is 5.92 Å². The van der Waals surface area contributed by atoms with Gasteiger partial charge in [-0.3, -0.25) is 0 Å². The highest BCUT2D eigenvalue weighted by atomic mass is 28.5. The Kier molecular flexibility index (Phi) is 7.84. The van der Waals surface area contributed by atoms with Crippen molar-refractivity contribution in [3.63, 3.8) is 0 Å². The maximum atomic E-state index is 7.22. The van der Waals surface area contributed by atoms with Crippen molar-refractivity contribution in [1.29, 1.82) is 0 Å². The van der Waals surface area contributed by atoms with E-state index in [1.165, 1.54) is 0 Å². The maximum Gasteiger partial charge on any atom is 0.335 e. The first-order valence-corrected chi connectivity index (χ1v) is 14.6. The molecule has 27 heavy (non-hydrogen) atoms. The van der Waals surface area contributed by atoms with E-state index >= 15 is 0 Å². The molecular formula is C19H41BNO4Si2. The van der Waals surface area contributed by atoms with Gasteiger partial charge < -0.3 is 22.9 Å². The van der Waals surface area contributed by atoms with E-state index in [9.17, 15) is 0 Å². The molecule has 5 nitrogen and oxygen atoms in total. The molecule has 2 saturated heterocycles. The van der Waals surface area contributed by atoms with Crippen LogP contribution in [0.4, 0.5) is 0 Å². The number of fused-ring (bicyclic) bond motifs is 1. The highest BCUT2D eigenvalue weighted by molar-refractivity contribution is 6.84. The second-order valence-electron chi connectivity index (χ2n) is 9.51. The third-order valence-corrected chi connectivity index (χ3v) is 16.6. The van der Waals surface area contributed by atoms with Gasteiger partial charge in [-0.2, -0.15) is 0 Å². The lowest BCUT2D eigenvalue weighted by Gasteiger charge is -2.51. The molecule has 1 N–H and O–H groups in total. The molecule has 8 heteroatoms. The Morgan fingerprint density at radius 3 is 1.85 bits per heavy atom. The summed E-state index contributed by atoms with van der Waals surface area (Å²) in [5.41, 5.74) is 1.42. The van der Waals surface area contributed by atoms with Gasteiger partial charge in [0.05, 0.1) is 12.7 Å². The van der Waals surface area contributed by atoms with Crippen LogP contribution in [0.25, 0.3) is 0 Å². The highest BCUT2D eigenvalue weighted by Gasteiger charge is 2.60. The quantitative estimate of drug-likeness (QED) is 0.662. The zero-order valence-electron chi connectivity index (χ0n) is 19.0. The van der Waals surface area contributed by atoms with Crippen LogP contribution >= 0.6 is 0 Å². The summed E-state index contributed by atoms with van der Waals surface area (Å²) in [6.07, 6.45) is -0.0189. The van der Waals surface area contributed by atoms with Crippen LogP contribution in [0.15, 0.2) is 0 Å². The number of rotatable bonds is 6. The Bertz CT molecular complexity index is 476. The molecule has 0 saturated carbocycles. The van der Waals surface area contributed by atoms with E-state index in [4.69, 9.17) is 17.7 Å². The summed E-state index contributed by atoms with van der Waals surface area (Å²) in [4.78, 5) is 0. The van der Waals surface area contributed by atoms with Crippen molar-refractivity contribution in [1.82, 2.24) is 5.23 Å². The van der Waals surface area contributed by atoms with Crippen LogP contribution in [0.1, 0.15) is 62.3 Å². The van der Waals surface area contributed by atoms with E-state index in [2.05, 4.69) is 67.5 Å².